The Hall–Kier alpha value is -1.05. The monoisotopic (exact) mass is 448 g/mol. The van der Waals surface area contributed by atoms with Gasteiger partial charge in [-0.2, -0.15) is 0 Å². The van der Waals surface area contributed by atoms with E-state index in [1.54, 1.807) is 13.2 Å². The number of rotatable bonds is 8. The number of hydrogen-bond donors (Lipinski definition) is 2. The molecule has 1 aromatic heterocycles. The number of pyridine rings is 1. The van der Waals surface area contributed by atoms with Crippen LogP contribution in [-0.4, -0.2) is 30.1 Å². The van der Waals surface area contributed by atoms with Gasteiger partial charge in [0.2, 0.25) is 5.88 Å². The molecular formula is C18H33IN4O. The highest BCUT2D eigenvalue weighted by Gasteiger charge is 2.08. The lowest BCUT2D eigenvalue weighted by Gasteiger charge is -2.18. The third-order valence-electron chi connectivity index (χ3n) is 3.60. The van der Waals surface area contributed by atoms with E-state index in [2.05, 4.69) is 55.2 Å². The Kier molecular flexibility index (Phi) is 11.8. The van der Waals surface area contributed by atoms with Gasteiger partial charge in [-0.3, -0.25) is 4.99 Å². The van der Waals surface area contributed by atoms with E-state index in [1.165, 1.54) is 0 Å². The second kappa shape index (κ2) is 12.3. The van der Waals surface area contributed by atoms with Crippen molar-refractivity contribution in [3.8, 4) is 5.88 Å². The summed E-state index contributed by atoms with van der Waals surface area (Å²) in [6, 6.07) is 4.37. The van der Waals surface area contributed by atoms with Crippen LogP contribution >= 0.6 is 24.0 Å². The molecule has 5 nitrogen and oxygen atoms in total. The molecule has 24 heavy (non-hydrogen) atoms. The molecule has 0 aliphatic carbocycles. The second-order valence-electron chi connectivity index (χ2n) is 6.44. The molecule has 0 amide bonds. The average molecular weight is 448 g/mol. The summed E-state index contributed by atoms with van der Waals surface area (Å²) in [6.07, 6.45) is 4.04. The zero-order valence-electron chi connectivity index (χ0n) is 15.8. The topological polar surface area (TPSA) is 58.5 Å². The van der Waals surface area contributed by atoms with Crippen molar-refractivity contribution in [2.45, 2.75) is 66.2 Å². The van der Waals surface area contributed by atoms with Crippen LogP contribution in [0, 0.1) is 5.92 Å². The van der Waals surface area contributed by atoms with Crippen molar-refractivity contribution in [1.29, 1.82) is 0 Å². The van der Waals surface area contributed by atoms with Crippen molar-refractivity contribution >= 4 is 29.9 Å². The molecular weight excluding hydrogens is 415 g/mol. The number of nitrogens with one attached hydrogen (secondary N) is 2. The first-order chi connectivity index (χ1) is 10.9. The maximum Gasteiger partial charge on any atom is 0.213 e. The lowest BCUT2D eigenvalue weighted by molar-refractivity contribution is 0.185. The molecule has 0 saturated heterocycles. The first-order valence-corrected chi connectivity index (χ1v) is 8.53. The SMILES string of the molecule is CCC(C)NC(=NC)NCc1ccnc(OC(C)CC(C)C)c1.I. The van der Waals surface area contributed by atoms with E-state index in [4.69, 9.17) is 4.74 Å². The minimum atomic E-state index is 0. The Balaban J connectivity index is 0.00000529. The second-order valence-corrected chi connectivity index (χ2v) is 6.44. The highest BCUT2D eigenvalue weighted by atomic mass is 127. The predicted octanol–water partition coefficient (Wildman–Crippen LogP) is 3.98. The molecule has 0 saturated carbocycles. The minimum Gasteiger partial charge on any atom is -0.475 e. The molecule has 0 bridgehead atoms. The van der Waals surface area contributed by atoms with E-state index in [0.29, 0.717) is 24.4 Å². The summed E-state index contributed by atoms with van der Waals surface area (Å²) in [6.45, 7) is 11.5. The van der Waals surface area contributed by atoms with Crippen molar-refractivity contribution in [3.05, 3.63) is 23.9 Å². The van der Waals surface area contributed by atoms with E-state index >= 15 is 0 Å². The van der Waals surface area contributed by atoms with E-state index < -0.39 is 0 Å². The van der Waals surface area contributed by atoms with E-state index in [1.807, 2.05) is 12.1 Å². The fourth-order valence-electron chi connectivity index (χ4n) is 2.26. The van der Waals surface area contributed by atoms with Crippen LogP contribution in [0.25, 0.3) is 0 Å². The van der Waals surface area contributed by atoms with Gasteiger partial charge in [0.1, 0.15) is 0 Å². The van der Waals surface area contributed by atoms with Crippen molar-refractivity contribution in [3.63, 3.8) is 0 Å². The molecule has 1 rings (SSSR count). The van der Waals surface area contributed by atoms with Gasteiger partial charge in [0.15, 0.2) is 5.96 Å². The van der Waals surface area contributed by atoms with Gasteiger partial charge in [0.05, 0.1) is 6.10 Å². The van der Waals surface area contributed by atoms with Gasteiger partial charge in [-0.25, -0.2) is 4.98 Å². The van der Waals surface area contributed by atoms with Gasteiger partial charge in [-0.15, -0.1) is 24.0 Å². The summed E-state index contributed by atoms with van der Waals surface area (Å²) in [4.78, 5) is 8.54. The molecule has 2 unspecified atom stereocenters. The van der Waals surface area contributed by atoms with Gasteiger partial charge < -0.3 is 15.4 Å². The molecule has 0 fully saturated rings. The number of guanidine groups is 1. The minimum absolute atomic E-state index is 0. The summed E-state index contributed by atoms with van der Waals surface area (Å²) in [7, 11) is 1.78. The van der Waals surface area contributed by atoms with Crippen molar-refractivity contribution in [2.75, 3.05) is 7.05 Å². The number of hydrogen-bond acceptors (Lipinski definition) is 3. The molecule has 2 N–H and O–H groups in total. The molecule has 1 heterocycles. The standard InChI is InChI=1S/C18H32N4O.HI/c1-7-14(4)22-18(19-6)21-12-16-8-9-20-17(11-16)23-15(5)10-13(2)3;/h8-9,11,13-15H,7,10,12H2,1-6H3,(H2,19,21,22);1H. The highest BCUT2D eigenvalue weighted by molar-refractivity contribution is 14.0. The van der Waals surface area contributed by atoms with E-state index in [-0.39, 0.29) is 30.1 Å². The number of halogens is 1. The molecule has 6 heteroatoms. The fraction of sp³-hybridized carbons (Fsp3) is 0.667. The largest absolute Gasteiger partial charge is 0.475 e. The number of ether oxygens (including phenoxy) is 1. The van der Waals surface area contributed by atoms with Crippen LogP contribution in [0.15, 0.2) is 23.3 Å². The maximum atomic E-state index is 5.90. The fourth-order valence-corrected chi connectivity index (χ4v) is 2.26. The molecule has 0 spiro atoms. The number of nitrogens with zero attached hydrogens (tertiary/aromatic N) is 2. The quantitative estimate of drug-likeness (QED) is 0.359. The third-order valence-corrected chi connectivity index (χ3v) is 3.60. The zero-order valence-corrected chi connectivity index (χ0v) is 18.1. The summed E-state index contributed by atoms with van der Waals surface area (Å²) in [5.74, 6) is 2.11. The highest BCUT2D eigenvalue weighted by Crippen LogP contribution is 2.14. The molecule has 0 aromatic carbocycles. The van der Waals surface area contributed by atoms with Crippen LogP contribution in [0.2, 0.25) is 0 Å². The van der Waals surface area contributed by atoms with Crippen molar-refractivity contribution in [2.24, 2.45) is 10.9 Å². The molecule has 138 valence electrons. The van der Waals surface area contributed by atoms with Crippen molar-refractivity contribution in [1.82, 2.24) is 15.6 Å². The Bertz CT molecular complexity index is 494. The van der Waals surface area contributed by atoms with Crippen molar-refractivity contribution < 1.29 is 4.74 Å². The molecule has 1 aromatic rings. The molecule has 0 aliphatic rings. The number of aromatic nitrogens is 1. The van der Waals surface area contributed by atoms with Crippen LogP contribution in [0.5, 0.6) is 5.88 Å². The summed E-state index contributed by atoms with van der Waals surface area (Å²) < 4.78 is 5.90. The summed E-state index contributed by atoms with van der Waals surface area (Å²) in [5, 5.41) is 6.67. The normalized spacial score (nSPS) is 13.9. The lowest BCUT2D eigenvalue weighted by atomic mass is 10.1. The Morgan fingerprint density at radius 3 is 2.58 bits per heavy atom. The van der Waals surface area contributed by atoms with Gasteiger partial charge in [-0.05, 0) is 44.2 Å². The zero-order chi connectivity index (χ0) is 17.2. The Morgan fingerprint density at radius 1 is 1.29 bits per heavy atom. The van der Waals surface area contributed by atoms with Crippen LogP contribution < -0.4 is 15.4 Å². The smallest absolute Gasteiger partial charge is 0.213 e. The third kappa shape index (κ3) is 9.30. The van der Waals surface area contributed by atoms with Gasteiger partial charge >= 0.3 is 0 Å². The first kappa shape index (κ1) is 22.9. The molecule has 0 aliphatic heterocycles. The van der Waals surface area contributed by atoms with Gasteiger partial charge in [-0.1, -0.05) is 20.8 Å². The summed E-state index contributed by atoms with van der Waals surface area (Å²) in [5.41, 5.74) is 1.12. The van der Waals surface area contributed by atoms with Crippen LogP contribution in [-0.2, 0) is 6.54 Å². The number of aliphatic imine (C=N–C) groups is 1. The Morgan fingerprint density at radius 2 is 2.00 bits per heavy atom. The van der Waals surface area contributed by atoms with E-state index in [0.717, 1.165) is 24.4 Å². The van der Waals surface area contributed by atoms with Crippen LogP contribution in [0.1, 0.15) is 53.0 Å². The average Bonchev–Trinajstić information content (AvgIpc) is 2.50. The summed E-state index contributed by atoms with van der Waals surface area (Å²) >= 11 is 0. The van der Waals surface area contributed by atoms with E-state index in [9.17, 15) is 0 Å². The maximum absolute atomic E-state index is 5.90. The first-order valence-electron chi connectivity index (χ1n) is 8.53. The van der Waals surface area contributed by atoms with Crippen LogP contribution in [0.4, 0.5) is 0 Å². The van der Waals surface area contributed by atoms with Gasteiger partial charge in [0, 0.05) is 31.9 Å². The lowest BCUT2D eigenvalue weighted by Crippen LogP contribution is -2.41. The molecule has 0 radical (unpaired) electrons. The Labute approximate surface area is 164 Å². The van der Waals surface area contributed by atoms with Gasteiger partial charge in [0.25, 0.3) is 0 Å². The van der Waals surface area contributed by atoms with Crippen LogP contribution in [0.3, 0.4) is 0 Å². The predicted molar refractivity (Wildman–Crippen MR) is 112 cm³/mol. The molecule has 2 atom stereocenters.